The minimum absolute atomic E-state index is 0.0781. The minimum atomic E-state index is -0.411. The van der Waals surface area contributed by atoms with Crippen molar-refractivity contribution in [2.24, 2.45) is 14.1 Å². The second-order valence-corrected chi connectivity index (χ2v) is 7.25. The summed E-state index contributed by atoms with van der Waals surface area (Å²) < 4.78 is 4.11. The van der Waals surface area contributed by atoms with Crippen LogP contribution in [0.15, 0.2) is 40.2 Å². The van der Waals surface area contributed by atoms with Gasteiger partial charge in [-0.15, -0.1) is 0 Å². The van der Waals surface area contributed by atoms with E-state index in [1.54, 1.807) is 11.6 Å². The molecule has 0 atom stereocenters. The predicted octanol–water partition coefficient (Wildman–Crippen LogP) is 1.98. The number of nitrogens with one attached hydrogen (secondary N) is 1. The smallest absolute Gasteiger partial charge is 0.326 e. The van der Waals surface area contributed by atoms with E-state index >= 15 is 0 Å². The molecule has 3 aromatic rings. The summed E-state index contributed by atoms with van der Waals surface area (Å²) in [4.78, 5) is 40.8. The van der Waals surface area contributed by atoms with Crippen molar-refractivity contribution in [1.82, 2.24) is 18.7 Å². The molecule has 0 aliphatic rings. The molecule has 1 aromatic carbocycles. The highest BCUT2D eigenvalue weighted by Crippen LogP contribution is 2.18. The molecule has 0 saturated carbocycles. The highest BCUT2D eigenvalue weighted by molar-refractivity contribution is 5.90. The summed E-state index contributed by atoms with van der Waals surface area (Å²) in [5.74, 6) is 0.315. The molecule has 0 radical (unpaired) electrons. The van der Waals surface area contributed by atoms with Gasteiger partial charge in [0.05, 0.1) is 6.33 Å². The van der Waals surface area contributed by atoms with E-state index in [9.17, 15) is 14.4 Å². The topological polar surface area (TPSA) is 90.9 Å². The van der Waals surface area contributed by atoms with Crippen molar-refractivity contribution in [3.63, 3.8) is 0 Å². The van der Waals surface area contributed by atoms with Gasteiger partial charge in [0.1, 0.15) is 0 Å². The summed E-state index contributed by atoms with van der Waals surface area (Å²) in [6, 6.07) is 7.83. The molecule has 0 bridgehead atoms. The summed E-state index contributed by atoms with van der Waals surface area (Å²) >= 11 is 0. The number of carbonyl (C=O) groups is 1. The van der Waals surface area contributed by atoms with Crippen molar-refractivity contribution >= 4 is 22.8 Å². The Balaban J connectivity index is 1.67. The van der Waals surface area contributed by atoms with Crippen LogP contribution in [0.2, 0.25) is 0 Å². The van der Waals surface area contributed by atoms with Crippen molar-refractivity contribution in [3.8, 4) is 0 Å². The van der Waals surface area contributed by atoms with E-state index in [0.29, 0.717) is 36.5 Å². The molecule has 0 aliphatic carbocycles. The lowest BCUT2D eigenvalue weighted by Gasteiger charge is -2.10. The monoisotopic (exact) mass is 383 g/mol. The van der Waals surface area contributed by atoms with E-state index in [0.717, 1.165) is 10.3 Å². The third-order valence-corrected chi connectivity index (χ3v) is 4.86. The molecule has 8 nitrogen and oxygen atoms in total. The van der Waals surface area contributed by atoms with Gasteiger partial charge in [-0.05, 0) is 30.0 Å². The van der Waals surface area contributed by atoms with Crippen LogP contribution in [0.4, 0.5) is 5.69 Å². The molecule has 28 heavy (non-hydrogen) atoms. The average Bonchev–Trinajstić information content (AvgIpc) is 3.09. The van der Waals surface area contributed by atoms with Gasteiger partial charge in [-0.1, -0.05) is 26.0 Å². The largest absolute Gasteiger partial charge is 0.332 e. The first-order valence-corrected chi connectivity index (χ1v) is 9.30. The number of amides is 1. The maximum Gasteiger partial charge on any atom is 0.332 e. The fourth-order valence-electron chi connectivity index (χ4n) is 3.18. The van der Waals surface area contributed by atoms with Crippen LogP contribution in [0.3, 0.4) is 0 Å². The third-order valence-electron chi connectivity index (χ3n) is 4.86. The van der Waals surface area contributed by atoms with Crippen LogP contribution in [0.25, 0.3) is 11.2 Å². The number of fused-ring (bicyclic) bond motifs is 1. The Kier molecular flexibility index (Phi) is 5.48. The second kappa shape index (κ2) is 7.84. The number of imidazole rings is 1. The zero-order valence-electron chi connectivity index (χ0n) is 16.6. The molecule has 3 rings (SSSR count). The molecule has 0 unspecified atom stereocenters. The molecule has 2 heterocycles. The van der Waals surface area contributed by atoms with Crippen molar-refractivity contribution < 1.29 is 4.79 Å². The number of carbonyl (C=O) groups excluding carboxylic acids is 1. The molecule has 148 valence electrons. The molecule has 0 spiro atoms. The number of rotatable bonds is 6. The Bertz CT molecular complexity index is 1140. The van der Waals surface area contributed by atoms with Crippen molar-refractivity contribution in [2.75, 3.05) is 5.32 Å². The van der Waals surface area contributed by atoms with E-state index in [2.05, 4.69) is 24.1 Å². The normalized spacial score (nSPS) is 11.3. The van der Waals surface area contributed by atoms with Gasteiger partial charge in [0.15, 0.2) is 11.2 Å². The summed E-state index contributed by atoms with van der Waals surface area (Å²) in [5.41, 5.74) is 1.88. The van der Waals surface area contributed by atoms with E-state index in [1.165, 1.54) is 23.5 Å². The number of hydrogen-bond donors (Lipinski definition) is 1. The van der Waals surface area contributed by atoms with Gasteiger partial charge in [0.25, 0.3) is 5.56 Å². The number of anilines is 1. The summed E-state index contributed by atoms with van der Waals surface area (Å²) in [6.07, 6.45) is 2.40. The standard InChI is InChI=1S/C20H25N5O3/c1-13(2)14-7-5-8-15(11-14)22-16(26)9-6-10-25-12-21-18-17(25)19(27)24(4)20(28)23(18)3/h5,7-8,11-13H,6,9-10H2,1-4H3,(H,22,26). The molecule has 0 fully saturated rings. The Morgan fingerprint density at radius 2 is 1.93 bits per heavy atom. The summed E-state index contributed by atoms with van der Waals surface area (Å²) in [5, 5.41) is 2.92. The van der Waals surface area contributed by atoms with E-state index < -0.39 is 5.69 Å². The predicted molar refractivity (Wildman–Crippen MR) is 109 cm³/mol. The van der Waals surface area contributed by atoms with Gasteiger partial charge in [0.2, 0.25) is 5.91 Å². The quantitative estimate of drug-likeness (QED) is 0.705. The highest BCUT2D eigenvalue weighted by atomic mass is 16.2. The van der Waals surface area contributed by atoms with Crippen LogP contribution in [0.5, 0.6) is 0 Å². The van der Waals surface area contributed by atoms with Gasteiger partial charge in [-0.2, -0.15) is 0 Å². The lowest BCUT2D eigenvalue weighted by Crippen LogP contribution is -2.37. The van der Waals surface area contributed by atoms with Gasteiger partial charge < -0.3 is 9.88 Å². The molecule has 2 aromatic heterocycles. The molecule has 8 heteroatoms. The van der Waals surface area contributed by atoms with Crippen LogP contribution < -0.4 is 16.6 Å². The fraction of sp³-hybridized carbons (Fsp3) is 0.400. The molecular weight excluding hydrogens is 358 g/mol. The first kappa shape index (κ1) is 19.6. The van der Waals surface area contributed by atoms with E-state index in [4.69, 9.17) is 0 Å². The van der Waals surface area contributed by atoms with Gasteiger partial charge >= 0.3 is 5.69 Å². The van der Waals surface area contributed by atoms with Crippen LogP contribution in [-0.2, 0) is 25.4 Å². The first-order valence-electron chi connectivity index (χ1n) is 9.30. The number of benzene rings is 1. The average molecular weight is 383 g/mol. The zero-order valence-corrected chi connectivity index (χ0v) is 16.6. The third kappa shape index (κ3) is 3.76. The highest BCUT2D eigenvalue weighted by Gasteiger charge is 2.14. The van der Waals surface area contributed by atoms with Gasteiger partial charge in [-0.3, -0.25) is 18.7 Å². The molecule has 1 N–H and O–H groups in total. The van der Waals surface area contributed by atoms with Crippen molar-refractivity contribution in [3.05, 3.63) is 57.0 Å². The number of aromatic nitrogens is 4. The molecule has 1 amide bonds. The van der Waals surface area contributed by atoms with Crippen molar-refractivity contribution in [1.29, 1.82) is 0 Å². The maximum atomic E-state index is 12.4. The first-order chi connectivity index (χ1) is 13.3. The minimum Gasteiger partial charge on any atom is -0.326 e. The fourth-order valence-corrected chi connectivity index (χ4v) is 3.18. The van der Waals surface area contributed by atoms with Crippen LogP contribution in [-0.4, -0.2) is 24.6 Å². The Morgan fingerprint density at radius 1 is 1.18 bits per heavy atom. The number of hydrogen-bond acceptors (Lipinski definition) is 4. The van der Waals surface area contributed by atoms with Crippen LogP contribution in [0.1, 0.15) is 38.2 Å². The number of nitrogens with zero attached hydrogens (tertiary/aromatic N) is 4. The summed E-state index contributed by atoms with van der Waals surface area (Å²) in [7, 11) is 3.03. The second-order valence-electron chi connectivity index (χ2n) is 7.25. The van der Waals surface area contributed by atoms with E-state index in [1.807, 2.05) is 24.3 Å². The Hall–Kier alpha value is -3.16. The lowest BCUT2D eigenvalue weighted by atomic mass is 10.0. The van der Waals surface area contributed by atoms with E-state index in [-0.39, 0.29) is 11.5 Å². The zero-order chi connectivity index (χ0) is 20.4. The lowest BCUT2D eigenvalue weighted by molar-refractivity contribution is -0.116. The molecule has 0 saturated heterocycles. The van der Waals surface area contributed by atoms with Crippen molar-refractivity contribution in [2.45, 2.75) is 39.2 Å². The molecule has 0 aliphatic heterocycles. The van der Waals surface area contributed by atoms with Crippen LogP contribution >= 0.6 is 0 Å². The van der Waals surface area contributed by atoms with Crippen LogP contribution in [0, 0.1) is 0 Å². The van der Waals surface area contributed by atoms with Gasteiger partial charge in [0, 0.05) is 32.7 Å². The molecular formula is C20H25N5O3. The summed E-state index contributed by atoms with van der Waals surface area (Å²) in [6.45, 7) is 4.68. The SMILES string of the molecule is CC(C)c1cccc(NC(=O)CCCn2cnc3c2c(=O)n(C)c(=O)n3C)c1. The number of aryl methyl sites for hydroxylation is 2. The maximum absolute atomic E-state index is 12.4. The Morgan fingerprint density at radius 3 is 2.64 bits per heavy atom. The Labute approximate surface area is 162 Å². The van der Waals surface area contributed by atoms with Gasteiger partial charge in [-0.25, -0.2) is 9.78 Å².